The highest BCUT2D eigenvalue weighted by Crippen LogP contribution is 2.38. The molecular weight excluding hydrogens is 200 g/mol. The number of rotatable bonds is 1. The molecule has 13 heavy (non-hydrogen) atoms. The zero-order chi connectivity index (χ0) is 9.26. The third kappa shape index (κ3) is 1.71. The monoisotopic (exact) mass is 208 g/mol. The molecule has 0 bridgehead atoms. The van der Waals surface area contributed by atoms with Crippen LogP contribution in [0, 0.1) is 6.92 Å². The summed E-state index contributed by atoms with van der Waals surface area (Å²) in [6.07, 6.45) is 0. The van der Waals surface area contributed by atoms with Gasteiger partial charge in [0.1, 0.15) is 4.88 Å². The van der Waals surface area contributed by atoms with Crippen LogP contribution in [0.2, 0.25) is 0 Å². The van der Waals surface area contributed by atoms with Crippen LogP contribution in [0.4, 0.5) is 0 Å². The Hall–Kier alpha value is -0.930. The average molecular weight is 208 g/mol. The summed E-state index contributed by atoms with van der Waals surface area (Å²) in [4.78, 5) is 0.879. The number of hydrogen-bond acceptors (Lipinski definition) is 2. The minimum Gasteiger partial charge on any atom is -0.846 e. The Bertz CT molecular complexity index is 387. The fraction of sp³-hybridized carbons (Fsp3) is 0.100. The van der Waals surface area contributed by atoms with Crippen molar-refractivity contribution >= 4 is 22.7 Å². The van der Waals surface area contributed by atoms with Crippen LogP contribution in [-0.2, 0) is 0 Å². The Morgan fingerprint density at radius 1 is 1.23 bits per heavy atom. The molecule has 0 fully saturated rings. The number of benzene rings is 1. The molecule has 0 N–H and O–H groups in total. The molecule has 0 aliphatic rings. The lowest BCUT2D eigenvalue weighted by Crippen LogP contribution is -1.84. The first-order chi connectivity index (χ1) is 6.27. The minimum absolute atomic E-state index is 0.184. The van der Waals surface area contributed by atoms with Gasteiger partial charge >= 0.3 is 0 Å². The van der Waals surface area contributed by atoms with E-state index in [0.29, 0.717) is 0 Å². The highest BCUT2D eigenvalue weighted by atomic mass is 32.2. The topological polar surface area (TPSA) is 23.1 Å². The molecule has 0 saturated carbocycles. The second-order valence-corrected chi connectivity index (χ2v) is 5.17. The standard InChI is InChI=1S/C10H8OS2/c1-7-9(11)13-10(12-7)8-5-3-2-4-6-8/h2-6H,1H3. The van der Waals surface area contributed by atoms with Gasteiger partial charge in [-0.2, -0.15) is 0 Å². The molecule has 0 spiro atoms. The van der Waals surface area contributed by atoms with E-state index in [4.69, 9.17) is 0 Å². The molecular formula is C10H8OS2. The summed E-state index contributed by atoms with van der Waals surface area (Å²) >= 11 is 2.90. The normalized spacial score (nSPS) is 10.2. The summed E-state index contributed by atoms with van der Waals surface area (Å²) in [5, 5.41) is 11.4. The largest absolute Gasteiger partial charge is 0.846 e. The van der Waals surface area contributed by atoms with Gasteiger partial charge in [0.05, 0.1) is 27.7 Å². The van der Waals surface area contributed by atoms with Crippen molar-refractivity contribution in [1.29, 1.82) is 0 Å². The van der Waals surface area contributed by atoms with Gasteiger partial charge in [-0.15, -0.1) is 0 Å². The van der Waals surface area contributed by atoms with Gasteiger partial charge in [0.25, 0.3) is 4.19 Å². The van der Waals surface area contributed by atoms with Crippen LogP contribution in [0.15, 0.2) is 30.3 Å². The van der Waals surface area contributed by atoms with E-state index < -0.39 is 0 Å². The van der Waals surface area contributed by atoms with Crippen LogP contribution in [0.5, 0.6) is 5.06 Å². The van der Waals surface area contributed by atoms with Crippen molar-refractivity contribution in [2.75, 3.05) is 0 Å². The van der Waals surface area contributed by atoms with E-state index in [1.165, 1.54) is 11.3 Å². The first-order valence-corrected chi connectivity index (χ1v) is 5.56. The van der Waals surface area contributed by atoms with E-state index in [-0.39, 0.29) is 5.06 Å². The van der Waals surface area contributed by atoms with Gasteiger partial charge in [-0.3, -0.25) is 0 Å². The Labute approximate surface area is 84.9 Å². The Kier molecular flexibility index (Phi) is 2.29. The molecule has 2 aromatic rings. The van der Waals surface area contributed by atoms with E-state index in [1.54, 1.807) is 11.3 Å². The van der Waals surface area contributed by atoms with Crippen LogP contribution < -0.4 is 5.11 Å². The fourth-order valence-corrected chi connectivity index (χ4v) is 3.25. The Balaban J connectivity index is 2.48. The highest BCUT2D eigenvalue weighted by molar-refractivity contribution is 7.37. The summed E-state index contributed by atoms with van der Waals surface area (Å²) < 4.78 is 1.10. The van der Waals surface area contributed by atoms with Gasteiger partial charge in [-0.1, -0.05) is 18.2 Å². The molecule has 2 rings (SSSR count). The molecule has 1 aromatic heterocycles. The Morgan fingerprint density at radius 2 is 1.92 bits per heavy atom. The first-order valence-electron chi connectivity index (χ1n) is 3.93. The minimum atomic E-state index is 0.184. The van der Waals surface area contributed by atoms with Crippen LogP contribution in [-0.4, -0.2) is 0 Å². The zero-order valence-electron chi connectivity index (χ0n) is 7.11. The molecule has 1 heterocycles. The second kappa shape index (κ2) is 3.44. The van der Waals surface area contributed by atoms with Gasteiger partial charge in [0, 0.05) is 5.56 Å². The summed E-state index contributed by atoms with van der Waals surface area (Å²) in [5.41, 5.74) is 1.14. The third-order valence-electron chi connectivity index (χ3n) is 1.73. The lowest BCUT2D eigenvalue weighted by molar-refractivity contribution is -0.262. The maximum Gasteiger partial charge on any atom is 0.284 e. The first kappa shape index (κ1) is 8.66. The van der Waals surface area contributed by atoms with Crippen molar-refractivity contribution in [3.8, 4) is 14.8 Å². The maximum absolute atomic E-state index is 11.2. The summed E-state index contributed by atoms with van der Waals surface area (Å²) in [6.45, 7) is 1.87. The fourth-order valence-electron chi connectivity index (χ4n) is 1.05. The molecule has 66 valence electrons. The Morgan fingerprint density at radius 3 is 2.46 bits per heavy atom. The summed E-state index contributed by atoms with van der Waals surface area (Å²) in [6, 6.07) is 10.0. The van der Waals surface area contributed by atoms with Crippen LogP contribution in [0.1, 0.15) is 4.88 Å². The third-order valence-corrected chi connectivity index (χ3v) is 4.18. The summed E-state index contributed by atoms with van der Waals surface area (Å²) in [7, 11) is 0. The van der Waals surface area contributed by atoms with E-state index in [0.717, 1.165) is 14.6 Å². The van der Waals surface area contributed by atoms with Gasteiger partial charge < -0.3 is 5.11 Å². The van der Waals surface area contributed by atoms with Crippen molar-refractivity contribution < 1.29 is 5.11 Å². The van der Waals surface area contributed by atoms with Crippen LogP contribution in [0.25, 0.3) is 9.75 Å². The number of aryl methyl sites for hydroxylation is 1. The SMILES string of the molecule is Cc1sc(-c2ccccc2)[s+]c1[O-]. The molecule has 0 saturated heterocycles. The predicted molar refractivity (Wildman–Crippen MR) is 56.2 cm³/mol. The molecule has 1 aromatic carbocycles. The summed E-state index contributed by atoms with van der Waals surface area (Å²) in [5.74, 6) is 0. The number of hydrogen-bond donors (Lipinski definition) is 0. The van der Waals surface area contributed by atoms with Crippen molar-refractivity contribution in [2.24, 2.45) is 0 Å². The van der Waals surface area contributed by atoms with Crippen molar-refractivity contribution in [2.45, 2.75) is 6.92 Å². The zero-order valence-corrected chi connectivity index (χ0v) is 8.74. The second-order valence-electron chi connectivity index (χ2n) is 2.70. The molecule has 3 heteroatoms. The van der Waals surface area contributed by atoms with Gasteiger partial charge in [-0.05, 0) is 19.1 Å². The van der Waals surface area contributed by atoms with Gasteiger partial charge in [-0.25, -0.2) is 0 Å². The molecule has 0 unspecified atom stereocenters. The molecule has 0 radical (unpaired) electrons. The predicted octanol–water partition coefficient (Wildman–Crippen LogP) is 3.14. The van der Waals surface area contributed by atoms with Crippen molar-refractivity contribution in [3.05, 3.63) is 35.2 Å². The average Bonchev–Trinajstić information content (AvgIpc) is 2.49. The van der Waals surface area contributed by atoms with Crippen LogP contribution in [0.3, 0.4) is 0 Å². The van der Waals surface area contributed by atoms with E-state index >= 15 is 0 Å². The lowest BCUT2D eigenvalue weighted by Gasteiger charge is -1.87. The molecule has 1 nitrogen and oxygen atoms in total. The molecule has 0 amide bonds. The molecule has 0 atom stereocenters. The van der Waals surface area contributed by atoms with Gasteiger partial charge in [0.2, 0.25) is 0 Å². The van der Waals surface area contributed by atoms with Crippen molar-refractivity contribution in [1.82, 2.24) is 0 Å². The van der Waals surface area contributed by atoms with Gasteiger partial charge in [0.15, 0.2) is 0 Å². The highest BCUT2D eigenvalue weighted by Gasteiger charge is 2.14. The van der Waals surface area contributed by atoms with Crippen molar-refractivity contribution in [3.63, 3.8) is 0 Å². The van der Waals surface area contributed by atoms with E-state index in [1.807, 2.05) is 37.3 Å². The van der Waals surface area contributed by atoms with E-state index in [9.17, 15) is 5.11 Å². The van der Waals surface area contributed by atoms with E-state index in [2.05, 4.69) is 0 Å². The molecule has 0 aliphatic carbocycles. The lowest BCUT2D eigenvalue weighted by atomic mass is 10.2. The smallest absolute Gasteiger partial charge is 0.284 e. The quantitative estimate of drug-likeness (QED) is 0.660. The molecule has 0 aliphatic heterocycles. The van der Waals surface area contributed by atoms with Crippen LogP contribution >= 0.6 is 22.7 Å². The maximum atomic E-state index is 11.2.